The van der Waals surface area contributed by atoms with Crippen LogP contribution in [0.3, 0.4) is 0 Å². The van der Waals surface area contributed by atoms with Crippen LogP contribution in [0.25, 0.3) is 11.4 Å². The van der Waals surface area contributed by atoms with E-state index >= 15 is 0 Å². The number of nitrogens with zero attached hydrogens (tertiary/aromatic N) is 4. The fraction of sp³-hybridized carbons (Fsp3) is 0.308. The van der Waals surface area contributed by atoms with Gasteiger partial charge < -0.3 is 10.5 Å². The minimum atomic E-state index is 0.136. The van der Waals surface area contributed by atoms with Gasteiger partial charge in [0, 0.05) is 17.7 Å². The molecule has 7 heteroatoms. The zero-order valence-electron chi connectivity index (χ0n) is 11.2. The predicted molar refractivity (Wildman–Crippen MR) is 72.7 cm³/mol. The van der Waals surface area contributed by atoms with E-state index in [0.29, 0.717) is 30.0 Å². The van der Waals surface area contributed by atoms with Crippen molar-refractivity contribution in [1.82, 2.24) is 20.2 Å². The number of tetrazole rings is 1. The molecule has 0 fully saturated rings. The van der Waals surface area contributed by atoms with Crippen molar-refractivity contribution in [3.63, 3.8) is 0 Å². The zero-order chi connectivity index (χ0) is 14.4. The molecule has 0 atom stereocenters. The maximum Gasteiger partial charge on any atom is 0.204 e. The first kappa shape index (κ1) is 14.1. The van der Waals surface area contributed by atoms with E-state index < -0.39 is 0 Å². The molecule has 0 aliphatic rings. The zero-order valence-corrected chi connectivity index (χ0v) is 11.2. The van der Waals surface area contributed by atoms with Crippen LogP contribution < -0.4 is 10.5 Å². The summed E-state index contributed by atoms with van der Waals surface area (Å²) in [5.41, 5.74) is 6.60. The summed E-state index contributed by atoms with van der Waals surface area (Å²) in [6.07, 6.45) is 0.474. The molecule has 0 bridgehead atoms. The highest BCUT2D eigenvalue weighted by atomic mass is 19.1. The number of aryl methyl sites for hydroxylation is 1. The molecular formula is C13H16FN5O. The van der Waals surface area contributed by atoms with Crippen molar-refractivity contribution in [1.29, 1.82) is 0 Å². The van der Waals surface area contributed by atoms with E-state index in [1.165, 1.54) is 4.80 Å². The quantitative estimate of drug-likeness (QED) is 0.866. The Hall–Kier alpha value is -2.28. The Balaban J connectivity index is 2.02. The summed E-state index contributed by atoms with van der Waals surface area (Å²) in [6.45, 7) is 2.89. The van der Waals surface area contributed by atoms with Crippen LogP contribution in [0, 0.1) is 0 Å². The number of benzene rings is 1. The van der Waals surface area contributed by atoms with Crippen LogP contribution in [0.4, 0.5) is 4.39 Å². The Morgan fingerprint density at radius 2 is 2.15 bits per heavy atom. The molecule has 0 saturated carbocycles. The molecule has 0 amide bonds. The normalized spacial score (nSPS) is 11.7. The van der Waals surface area contributed by atoms with Gasteiger partial charge in [0.1, 0.15) is 12.4 Å². The van der Waals surface area contributed by atoms with Crippen molar-refractivity contribution < 1.29 is 9.13 Å². The molecule has 0 radical (unpaired) electrons. The first-order chi connectivity index (χ1) is 9.76. The molecule has 0 spiro atoms. The average Bonchev–Trinajstić information content (AvgIpc) is 2.98. The number of nitrogens with two attached hydrogens (primary N) is 1. The second-order valence-electron chi connectivity index (χ2n) is 4.09. The molecule has 20 heavy (non-hydrogen) atoms. The average molecular weight is 277 g/mol. The van der Waals surface area contributed by atoms with Crippen molar-refractivity contribution in [2.75, 3.05) is 13.2 Å². The first-order valence-corrected chi connectivity index (χ1v) is 6.26. The third kappa shape index (κ3) is 3.39. The lowest BCUT2D eigenvalue weighted by Gasteiger charge is -2.07. The largest absolute Gasteiger partial charge is 0.489 e. The molecule has 0 unspecified atom stereocenters. The van der Waals surface area contributed by atoms with Gasteiger partial charge in [-0.25, -0.2) is 4.39 Å². The topological polar surface area (TPSA) is 78.8 Å². The van der Waals surface area contributed by atoms with Crippen LogP contribution in [0.1, 0.15) is 6.92 Å². The second kappa shape index (κ2) is 6.76. The molecule has 2 rings (SSSR count). The minimum absolute atomic E-state index is 0.136. The van der Waals surface area contributed by atoms with Crippen LogP contribution in [0.5, 0.6) is 5.75 Å². The summed E-state index contributed by atoms with van der Waals surface area (Å²) in [5.74, 6) is 1.19. The Labute approximate surface area is 116 Å². The van der Waals surface area contributed by atoms with Gasteiger partial charge in [0.2, 0.25) is 5.82 Å². The maximum absolute atomic E-state index is 12.3. The van der Waals surface area contributed by atoms with E-state index in [0.717, 1.165) is 5.56 Å². The lowest BCUT2D eigenvalue weighted by Crippen LogP contribution is -2.10. The fourth-order valence-corrected chi connectivity index (χ4v) is 1.50. The SMILES string of the molecule is CCn1nnc(-c2ccc(OC/C(=C/F)CN)cc2)n1. The van der Waals surface area contributed by atoms with Crippen LogP contribution in [0.15, 0.2) is 36.2 Å². The minimum Gasteiger partial charge on any atom is -0.489 e. The Morgan fingerprint density at radius 1 is 1.40 bits per heavy atom. The molecule has 1 heterocycles. The summed E-state index contributed by atoms with van der Waals surface area (Å²) in [4.78, 5) is 1.51. The second-order valence-corrected chi connectivity index (χ2v) is 4.09. The highest BCUT2D eigenvalue weighted by Gasteiger charge is 2.05. The third-order valence-corrected chi connectivity index (χ3v) is 2.69. The molecular weight excluding hydrogens is 261 g/mol. The fourth-order valence-electron chi connectivity index (χ4n) is 1.50. The highest BCUT2D eigenvalue weighted by molar-refractivity contribution is 5.55. The molecule has 106 valence electrons. The summed E-state index contributed by atoms with van der Waals surface area (Å²) in [5, 5.41) is 12.1. The Bertz CT molecular complexity index is 579. The monoisotopic (exact) mass is 277 g/mol. The molecule has 6 nitrogen and oxygen atoms in total. The third-order valence-electron chi connectivity index (χ3n) is 2.69. The number of halogens is 1. The number of aromatic nitrogens is 4. The van der Waals surface area contributed by atoms with E-state index in [4.69, 9.17) is 10.5 Å². The molecule has 0 aliphatic carbocycles. The van der Waals surface area contributed by atoms with E-state index in [2.05, 4.69) is 15.4 Å². The summed E-state index contributed by atoms with van der Waals surface area (Å²) < 4.78 is 17.8. The van der Waals surface area contributed by atoms with Gasteiger partial charge in [0.05, 0.1) is 12.9 Å². The Kier molecular flexibility index (Phi) is 4.78. The van der Waals surface area contributed by atoms with E-state index in [-0.39, 0.29) is 13.2 Å². The van der Waals surface area contributed by atoms with Gasteiger partial charge in [0.25, 0.3) is 0 Å². The summed E-state index contributed by atoms with van der Waals surface area (Å²) in [7, 11) is 0. The van der Waals surface area contributed by atoms with Gasteiger partial charge in [-0.1, -0.05) is 0 Å². The van der Waals surface area contributed by atoms with Crippen LogP contribution in [-0.4, -0.2) is 33.4 Å². The Morgan fingerprint density at radius 3 is 2.70 bits per heavy atom. The van der Waals surface area contributed by atoms with Crippen molar-refractivity contribution in [2.45, 2.75) is 13.5 Å². The molecule has 1 aromatic heterocycles. The molecule has 2 N–H and O–H groups in total. The van der Waals surface area contributed by atoms with Gasteiger partial charge in [-0.2, -0.15) is 4.80 Å². The van der Waals surface area contributed by atoms with Crippen molar-refractivity contribution >= 4 is 0 Å². The summed E-state index contributed by atoms with van der Waals surface area (Å²) >= 11 is 0. The lowest BCUT2D eigenvalue weighted by molar-refractivity contribution is 0.347. The molecule has 2 aromatic rings. The van der Waals surface area contributed by atoms with Gasteiger partial charge in [-0.05, 0) is 36.4 Å². The molecule has 0 aliphatic heterocycles. The number of hydrogen-bond donors (Lipinski definition) is 1. The van der Waals surface area contributed by atoms with Crippen LogP contribution >= 0.6 is 0 Å². The molecule has 1 aromatic carbocycles. The van der Waals surface area contributed by atoms with Gasteiger partial charge in [-0.3, -0.25) is 0 Å². The number of hydrogen-bond acceptors (Lipinski definition) is 5. The van der Waals surface area contributed by atoms with Crippen LogP contribution in [0.2, 0.25) is 0 Å². The first-order valence-electron chi connectivity index (χ1n) is 6.26. The van der Waals surface area contributed by atoms with Crippen LogP contribution in [-0.2, 0) is 6.54 Å². The lowest BCUT2D eigenvalue weighted by atomic mass is 10.2. The maximum atomic E-state index is 12.3. The van der Waals surface area contributed by atoms with E-state index in [9.17, 15) is 4.39 Å². The van der Waals surface area contributed by atoms with Gasteiger partial charge >= 0.3 is 0 Å². The van der Waals surface area contributed by atoms with Crippen molar-refractivity contribution in [3.8, 4) is 17.1 Å². The predicted octanol–water partition coefficient (Wildman–Crippen LogP) is 1.55. The van der Waals surface area contributed by atoms with Crippen molar-refractivity contribution in [3.05, 3.63) is 36.2 Å². The summed E-state index contributed by atoms with van der Waals surface area (Å²) in [6, 6.07) is 7.20. The standard InChI is InChI=1S/C13H16FN5O/c1-2-19-17-13(16-18-19)11-3-5-12(6-4-11)20-9-10(7-14)8-15/h3-7H,2,8-9,15H2,1H3/b10-7+. The van der Waals surface area contributed by atoms with E-state index in [1.807, 2.05) is 19.1 Å². The van der Waals surface area contributed by atoms with Gasteiger partial charge in [-0.15, -0.1) is 10.2 Å². The highest BCUT2D eigenvalue weighted by Crippen LogP contribution is 2.19. The smallest absolute Gasteiger partial charge is 0.204 e. The number of ether oxygens (including phenoxy) is 1. The van der Waals surface area contributed by atoms with E-state index in [1.54, 1.807) is 12.1 Å². The molecule has 0 saturated heterocycles. The number of rotatable bonds is 6. The van der Waals surface area contributed by atoms with Gasteiger partial charge in [0.15, 0.2) is 0 Å². The van der Waals surface area contributed by atoms with Crippen molar-refractivity contribution in [2.24, 2.45) is 5.73 Å².